The van der Waals surface area contributed by atoms with E-state index in [0.717, 1.165) is 5.56 Å². The van der Waals surface area contributed by atoms with Gasteiger partial charge in [-0.1, -0.05) is 0 Å². The summed E-state index contributed by atoms with van der Waals surface area (Å²) in [6, 6.07) is -0.0946. The molecular weight excluding hydrogens is 224 g/mol. The number of aryl methyl sites for hydroxylation is 1. The van der Waals surface area contributed by atoms with Crippen LogP contribution in [-0.2, 0) is 7.05 Å². The molecule has 0 aliphatic carbocycles. The standard InChI is InChI=1S/C9H12N6O2/c1-6(7-3-11-12-4-7)13-9-8(15(16)17)10-5-14(9)2/h3-6,13H,1-2H3,(H,11,12). The van der Waals surface area contributed by atoms with Gasteiger partial charge in [-0.25, -0.2) is 0 Å². The van der Waals surface area contributed by atoms with Gasteiger partial charge in [-0.3, -0.25) is 9.67 Å². The smallest absolute Gasteiger partial charge is 0.358 e. The Morgan fingerprint density at radius 3 is 3.00 bits per heavy atom. The second-order valence-corrected chi connectivity index (χ2v) is 3.68. The molecule has 0 bridgehead atoms. The summed E-state index contributed by atoms with van der Waals surface area (Å²) in [6.45, 7) is 1.89. The molecule has 17 heavy (non-hydrogen) atoms. The monoisotopic (exact) mass is 236 g/mol. The predicted octanol–water partition coefficient (Wildman–Crippen LogP) is 1.22. The molecule has 1 atom stereocenters. The maximum absolute atomic E-state index is 10.8. The number of hydrogen-bond donors (Lipinski definition) is 2. The van der Waals surface area contributed by atoms with E-state index in [1.54, 1.807) is 24.0 Å². The minimum Gasteiger partial charge on any atom is -0.358 e. The third-order valence-electron chi connectivity index (χ3n) is 2.46. The van der Waals surface area contributed by atoms with Gasteiger partial charge in [0.05, 0.1) is 12.2 Å². The topological polar surface area (TPSA) is 102 Å². The zero-order valence-corrected chi connectivity index (χ0v) is 9.41. The first-order chi connectivity index (χ1) is 8.09. The van der Waals surface area contributed by atoms with Crippen molar-refractivity contribution in [2.24, 2.45) is 7.05 Å². The predicted molar refractivity (Wildman–Crippen MR) is 60.5 cm³/mol. The highest BCUT2D eigenvalue weighted by Crippen LogP contribution is 2.25. The van der Waals surface area contributed by atoms with Crippen molar-refractivity contribution in [2.75, 3.05) is 5.32 Å². The van der Waals surface area contributed by atoms with Crippen LogP contribution >= 0.6 is 0 Å². The molecule has 0 radical (unpaired) electrons. The summed E-state index contributed by atoms with van der Waals surface area (Å²) in [4.78, 5) is 14.0. The number of imidazole rings is 1. The number of nitrogens with one attached hydrogen (secondary N) is 2. The Labute approximate surface area is 96.8 Å². The summed E-state index contributed by atoms with van der Waals surface area (Å²) in [6.07, 6.45) is 4.81. The lowest BCUT2D eigenvalue weighted by Gasteiger charge is -2.12. The highest BCUT2D eigenvalue weighted by atomic mass is 16.6. The van der Waals surface area contributed by atoms with Crippen molar-refractivity contribution in [3.8, 4) is 0 Å². The molecule has 0 spiro atoms. The van der Waals surface area contributed by atoms with Crippen LogP contribution in [0.4, 0.5) is 11.6 Å². The average molecular weight is 236 g/mol. The second kappa shape index (κ2) is 4.24. The first-order valence-corrected chi connectivity index (χ1v) is 5.00. The first kappa shape index (κ1) is 11.1. The zero-order valence-electron chi connectivity index (χ0n) is 9.41. The number of hydrogen-bond acceptors (Lipinski definition) is 5. The number of nitrogens with zero attached hydrogens (tertiary/aromatic N) is 4. The van der Waals surface area contributed by atoms with Gasteiger partial charge in [0.2, 0.25) is 12.1 Å². The van der Waals surface area contributed by atoms with Gasteiger partial charge in [-0.2, -0.15) is 5.10 Å². The number of rotatable bonds is 4. The molecule has 0 aromatic carbocycles. The van der Waals surface area contributed by atoms with Crippen molar-refractivity contribution < 1.29 is 4.92 Å². The van der Waals surface area contributed by atoms with Crippen molar-refractivity contribution >= 4 is 11.6 Å². The molecule has 8 nitrogen and oxygen atoms in total. The van der Waals surface area contributed by atoms with Crippen molar-refractivity contribution in [3.05, 3.63) is 34.4 Å². The third kappa shape index (κ3) is 2.10. The molecule has 2 heterocycles. The fourth-order valence-electron chi connectivity index (χ4n) is 1.50. The Morgan fingerprint density at radius 2 is 2.41 bits per heavy atom. The molecule has 0 aliphatic heterocycles. The summed E-state index contributed by atoms with van der Waals surface area (Å²) in [7, 11) is 1.70. The third-order valence-corrected chi connectivity index (χ3v) is 2.46. The number of H-pyrrole nitrogens is 1. The number of aromatic nitrogens is 4. The van der Waals surface area contributed by atoms with Crippen molar-refractivity contribution in [3.63, 3.8) is 0 Å². The first-order valence-electron chi connectivity index (χ1n) is 5.00. The molecule has 0 saturated carbocycles. The molecule has 2 rings (SSSR count). The summed E-state index contributed by atoms with van der Waals surface area (Å²) in [5, 5.41) is 20.3. The van der Waals surface area contributed by atoms with Gasteiger partial charge in [-0.15, -0.1) is 0 Å². The molecule has 0 fully saturated rings. The SMILES string of the molecule is CC(Nc1c([N+](=O)[O-])ncn1C)c1cn[nH]c1. The van der Waals surface area contributed by atoms with Crippen LogP contribution in [0.2, 0.25) is 0 Å². The Hall–Kier alpha value is -2.38. The van der Waals surface area contributed by atoms with E-state index < -0.39 is 4.92 Å². The largest absolute Gasteiger partial charge is 0.406 e. The van der Waals surface area contributed by atoms with Crippen molar-refractivity contribution in [2.45, 2.75) is 13.0 Å². The molecule has 90 valence electrons. The molecule has 8 heteroatoms. The quantitative estimate of drug-likeness (QED) is 0.614. The number of anilines is 1. The Bertz CT molecular complexity index is 518. The average Bonchev–Trinajstić information content (AvgIpc) is 2.89. The van der Waals surface area contributed by atoms with E-state index in [-0.39, 0.29) is 11.9 Å². The van der Waals surface area contributed by atoms with Gasteiger partial charge < -0.3 is 15.4 Å². The van der Waals surface area contributed by atoms with E-state index in [0.29, 0.717) is 5.82 Å². The van der Waals surface area contributed by atoms with Crippen LogP contribution in [0.1, 0.15) is 18.5 Å². The second-order valence-electron chi connectivity index (χ2n) is 3.68. The van der Waals surface area contributed by atoms with E-state index in [1.165, 1.54) is 6.33 Å². The summed E-state index contributed by atoms with van der Waals surface area (Å²) >= 11 is 0. The fraction of sp³-hybridized carbons (Fsp3) is 0.333. The number of aromatic amines is 1. The molecule has 1 unspecified atom stereocenters. The molecule has 2 aromatic heterocycles. The lowest BCUT2D eigenvalue weighted by molar-refractivity contribution is -0.388. The van der Waals surface area contributed by atoms with E-state index in [4.69, 9.17) is 0 Å². The molecule has 2 N–H and O–H groups in total. The van der Waals surface area contributed by atoms with Crippen LogP contribution < -0.4 is 5.32 Å². The van der Waals surface area contributed by atoms with Gasteiger partial charge in [0.15, 0.2) is 0 Å². The molecule has 0 saturated heterocycles. The summed E-state index contributed by atoms with van der Waals surface area (Å²) in [5.41, 5.74) is 0.917. The van der Waals surface area contributed by atoms with Crippen LogP contribution in [0.15, 0.2) is 18.7 Å². The fourth-order valence-corrected chi connectivity index (χ4v) is 1.50. The maximum atomic E-state index is 10.8. The van der Waals surface area contributed by atoms with E-state index >= 15 is 0 Å². The molecule has 0 aliphatic rings. The Morgan fingerprint density at radius 1 is 1.65 bits per heavy atom. The van der Waals surface area contributed by atoms with E-state index in [9.17, 15) is 10.1 Å². The highest BCUT2D eigenvalue weighted by Gasteiger charge is 2.21. The highest BCUT2D eigenvalue weighted by molar-refractivity contribution is 5.53. The molecule has 2 aromatic rings. The Balaban J connectivity index is 2.24. The van der Waals surface area contributed by atoms with Crippen LogP contribution in [0.5, 0.6) is 0 Å². The van der Waals surface area contributed by atoms with Crippen molar-refractivity contribution in [1.82, 2.24) is 19.7 Å². The van der Waals surface area contributed by atoms with Gasteiger partial charge in [0.1, 0.15) is 0 Å². The minimum absolute atomic E-state index is 0.0946. The van der Waals surface area contributed by atoms with Gasteiger partial charge >= 0.3 is 5.82 Å². The lowest BCUT2D eigenvalue weighted by Crippen LogP contribution is -2.10. The number of nitro groups is 1. The van der Waals surface area contributed by atoms with Crippen LogP contribution in [0, 0.1) is 10.1 Å². The van der Waals surface area contributed by atoms with Crippen LogP contribution in [-0.4, -0.2) is 24.7 Å². The van der Waals surface area contributed by atoms with Crippen LogP contribution in [0.25, 0.3) is 0 Å². The van der Waals surface area contributed by atoms with Gasteiger partial charge in [0, 0.05) is 18.8 Å². The molecule has 0 amide bonds. The van der Waals surface area contributed by atoms with E-state index in [2.05, 4.69) is 20.5 Å². The summed E-state index contributed by atoms with van der Waals surface area (Å²) in [5.74, 6) is 0.201. The van der Waals surface area contributed by atoms with Crippen molar-refractivity contribution in [1.29, 1.82) is 0 Å². The van der Waals surface area contributed by atoms with Gasteiger partial charge in [-0.05, 0) is 16.8 Å². The summed E-state index contributed by atoms with van der Waals surface area (Å²) < 4.78 is 1.58. The minimum atomic E-state index is -0.510. The zero-order chi connectivity index (χ0) is 12.4. The normalized spacial score (nSPS) is 12.4. The van der Waals surface area contributed by atoms with Gasteiger partial charge in [0.25, 0.3) is 0 Å². The van der Waals surface area contributed by atoms with E-state index in [1.807, 2.05) is 6.92 Å². The maximum Gasteiger partial charge on any atom is 0.406 e. The lowest BCUT2D eigenvalue weighted by atomic mass is 10.2. The van der Waals surface area contributed by atoms with Crippen LogP contribution in [0.3, 0.4) is 0 Å². The molecular formula is C9H12N6O2. The Kier molecular flexibility index (Phi) is 2.77.